The van der Waals surface area contributed by atoms with Crippen molar-refractivity contribution in [3.63, 3.8) is 0 Å². The van der Waals surface area contributed by atoms with E-state index in [1.807, 2.05) is 13.8 Å². The summed E-state index contributed by atoms with van der Waals surface area (Å²) in [6.45, 7) is 6.58. The number of carboxylic acids is 1. The minimum Gasteiger partial charge on any atom is -0.481 e. The molecule has 3 N–H and O–H groups in total. The van der Waals surface area contributed by atoms with Crippen molar-refractivity contribution in [3.8, 4) is 0 Å². The third-order valence-corrected chi connectivity index (χ3v) is 1.80. The fourth-order valence-corrected chi connectivity index (χ4v) is 0.981. The molecule has 0 saturated heterocycles. The standard InChI is InChI=1S/C10H20N2O3/c1-7(2)5-12-9(13)6-11-8(3)4-10(14)15/h7-8,11H,4-6H2,1-3H3,(H,12,13)(H,14,15). The second kappa shape index (κ2) is 7.23. The zero-order valence-electron chi connectivity index (χ0n) is 9.54. The molecule has 0 saturated carbocycles. The minimum atomic E-state index is -0.863. The lowest BCUT2D eigenvalue weighted by molar-refractivity contribution is -0.137. The molecule has 0 aromatic carbocycles. The Morgan fingerprint density at radius 3 is 2.33 bits per heavy atom. The van der Waals surface area contributed by atoms with E-state index in [2.05, 4.69) is 10.6 Å². The van der Waals surface area contributed by atoms with Gasteiger partial charge in [-0.2, -0.15) is 0 Å². The highest BCUT2D eigenvalue weighted by molar-refractivity contribution is 5.78. The van der Waals surface area contributed by atoms with Crippen LogP contribution < -0.4 is 10.6 Å². The maximum absolute atomic E-state index is 11.2. The number of nitrogens with one attached hydrogen (secondary N) is 2. The lowest BCUT2D eigenvalue weighted by Gasteiger charge is -2.12. The number of hydrogen-bond donors (Lipinski definition) is 3. The number of amides is 1. The average molecular weight is 216 g/mol. The highest BCUT2D eigenvalue weighted by atomic mass is 16.4. The number of carbonyl (C=O) groups is 2. The molecular formula is C10H20N2O3. The smallest absolute Gasteiger partial charge is 0.304 e. The van der Waals surface area contributed by atoms with Crippen molar-refractivity contribution in [2.24, 2.45) is 5.92 Å². The fraction of sp³-hybridized carbons (Fsp3) is 0.800. The summed E-state index contributed by atoms with van der Waals surface area (Å²) in [5.41, 5.74) is 0. The summed E-state index contributed by atoms with van der Waals surface area (Å²) in [6.07, 6.45) is 0.0253. The monoisotopic (exact) mass is 216 g/mol. The first kappa shape index (κ1) is 13.9. The van der Waals surface area contributed by atoms with Crippen LogP contribution in [0.5, 0.6) is 0 Å². The molecule has 1 unspecified atom stereocenters. The van der Waals surface area contributed by atoms with Crippen LogP contribution in [-0.2, 0) is 9.59 Å². The molecule has 0 aliphatic heterocycles. The van der Waals surface area contributed by atoms with Crippen molar-refractivity contribution in [3.05, 3.63) is 0 Å². The van der Waals surface area contributed by atoms with Gasteiger partial charge in [-0.1, -0.05) is 13.8 Å². The summed E-state index contributed by atoms with van der Waals surface area (Å²) in [7, 11) is 0. The molecule has 88 valence electrons. The molecule has 0 rings (SSSR count). The van der Waals surface area contributed by atoms with Gasteiger partial charge in [0.1, 0.15) is 0 Å². The predicted octanol–water partition coefficient (Wildman–Crippen LogP) is 0.211. The fourth-order valence-electron chi connectivity index (χ4n) is 0.981. The summed E-state index contributed by atoms with van der Waals surface area (Å²) in [6, 6.07) is -0.188. The third-order valence-electron chi connectivity index (χ3n) is 1.80. The molecule has 0 aliphatic rings. The van der Waals surface area contributed by atoms with E-state index in [0.717, 1.165) is 0 Å². The molecular weight excluding hydrogens is 196 g/mol. The minimum absolute atomic E-state index is 0.0253. The van der Waals surface area contributed by atoms with E-state index in [0.29, 0.717) is 12.5 Å². The Balaban J connectivity index is 3.57. The molecule has 5 nitrogen and oxygen atoms in total. The van der Waals surface area contributed by atoms with Crippen LogP contribution in [0.25, 0.3) is 0 Å². The molecule has 0 aliphatic carbocycles. The van der Waals surface area contributed by atoms with Crippen LogP contribution in [0.4, 0.5) is 0 Å². The zero-order chi connectivity index (χ0) is 11.8. The van der Waals surface area contributed by atoms with Crippen LogP contribution in [-0.4, -0.2) is 36.1 Å². The van der Waals surface area contributed by atoms with E-state index in [1.165, 1.54) is 0 Å². The maximum Gasteiger partial charge on any atom is 0.304 e. The molecule has 0 radical (unpaired) electrons. The Bertz CT molecular complexity index is 217. The van der Waals surface area contributed by atoms with Crippen LogP contribution >= 0.6 is 0 Å². The summed E-state index contributed by atoms with van der Waals surface area (Å²) in [5.74, 6) is -0.538. The Kier molecular flexibility index (Phi) is 6.70. The van der Waals surface area contributed by atoms with Crippen molar-refractivity contribution < 1.29 is 14.7 Å². The Morgan fingerprint density at radius 1 is 1.27 bits per heavy atom. The molecule has 0 aromatic rings. The Hall–Kier alpha value is -1.10. The van der Waals surface area contributed by atoms with Crippen molar-refractivity contribution in [2.45, 2.75) is 33.2 Å². The number of carboxylic acid groups (broad SMARTS) is 1. The summed E-state index contributed by atoms with van der Waals surface area (Å²) in [4.78, 5) is 21.5. The van der Waals surface area contributed by atoms with Gasteiger partial charge in [-0.25, -0.2) is 0 Å². The van der Waals surface area contributed by atoms with Gasteiger partial charge in [0.05, 0.1) is 13.0 Å². The lowest BCUT2D eigenvalue weighted by atomic mass is 10.2. The SMILES string of the molecule is CC(C)CNC(=O)CNC(C)CC(=O)O. The molecule has 0 aromatic heterocycles. The van der Waals surface area contributed by atoms with Crippen molar-refractivity contribution in [2.75, 3.05) is 13.1 Å². The molecule has 0 bridgehead atoms. The van der Waals surface area contributed by atoms with Gasteiger partial charge in [0.2, 0.25) is 5.91 Å². The Morgan fingerprint density at radius 2 is 1.87 bits per heavy atom. The van der Waals surface area contributed by atoms with Gasteiger partial charge in [0.25, 0.3) is 0 Å². The van der Waals surface area contributed by atoms with Crippen molar-refractivity contribution in [1.29, 1.82) is 0 Å². The largest absolute Gasteiger partial charge is 0.481 e. The maximum atomic E-state index is 11.2. The highest BCUT2D eigenvalue weighted by Gasteiger charge is 2.08. The Labute approximate surface area is 90.2 Å². The molecule has 15 heavy (non-hydrogen) atoms. The second-order valence-electron chi connectivity index (χ2n) is 4.08. The van der Waals surface area contributed by atoms with Crippen LogP contribution in [0, 0.1) is 5.92 Å². The topological polar surface area (TPSA) is 78.4 Å². The average Bonchev–Trinajstić information content (AvgIpc) is 2.10. The normalized spacial score (nSPS) is 12.5. The van der Waals surface area contributed by atoms with Gasteiger partial charge in [-0.15, -0.1) is 0 Å². The summed E-state index contributed by atoms with van der Waals surface area (Å²) >= 11 is 0. The zero-order valence-corrected chi connectivity index (χ0v) is 9.54. The van der Waals surface area contributed by atoms with E-state index in [1.54, 1.807) is 6.92 Å². The number of hydrogen-bond acceptors (Lipinski definition) is 3. The second-order valence-corrected chi connectivity index (χ2v) is 4.08. The molecule has 1 atom stereocenters. The van der Waals surface area contributed by atoms with Crippen molar-refractivity contribution >= 4 is 11.9 Å². The predicted molar refractivity (Wildman–Crippen MR) is 57.6 cm³/mol. The summed E-state index contributed by atoms with van der Waals surface area (Å²) in [5, 5.41) is 14.1. The van der Waals surface area contributed by atoms with Crippen LogP contribution in [0.15, 0.2) is 0 Å². The van der Waals surface area contributed by atoms with Crippen molar-refractivity contribution in [1.82, 2.24) is 10.6 Å². The van der Waals surface area contributed by atoms with Gasteiger partial charge < -0.3 is 15.7 Å². The first-order valence-electron chi connectivity index (χ1n) is 5.13. The number of carbonyl (C=O) groups excluding carboxylic acids is 1. The van der Waals surface area contributed by atoms with E-state index in [9.17, 15) is 9.59 Å². The molecule has 0 fully saturated rings. The summed E-state index contributed by atoms with van der Waals surface area (Å²) < 4.78 is 0. The van der Waals surface area contributed by atoms with Gasteiger partial charge >= 0.3 is 5.97 Å². The van der Waals surface area contributed by atoms with Crippen LogP contribution in [0.1, 0.15) is 27.2 Å². The van der Waals surface area contributed by atoms with Gasteiger partial charge in [0, 0.05) is 12.6 Å². The highest BCUT2D eigenvalue weighted by Crippen LogP contribution is 1.90. The molecule has 0 heterocycles. The van der Waals surface area contributed by atoms with E-state index in [-0.39, 0.29) is 24.9 Å². The van der Waals surface area contributed by atoms with E-state index < -0.39 is 5.97 Å². The van der Waals surface area contributed by atoms with Crippen LogP contribution in [0.2, 0.25) is 0 Å². The van der Waals surface area contributed by atoms with Gasteiger partial charge in [-0.05, 0) is 12.8 Å². The van der Waals surface area contributed by atoms with Crippen LogP contribution in [0.3, 0.4) is 0 Å². The third kappa shape index (κ3) is 9.21. The molecule has 0 spiro atoms. The first-order valence-corrected chi connectivity index (χ1v) is 5.13. The molecule has 5 heteroatoms. The quantitative estimate of drug-likeness (QED) is 0.568. The number of rotatable bonds is 7. The first-order chi connectivity index (χ1) is 6.91. The van der Waals surface area contributed by atoms with Gasteiger partial charge in [0.15, 0.2) is 0 Å². The molecule has 1 amide bonds. The number of aliphatic carboxylic acids is 1. The van der Waals surface area contributed by atoms with Gasteiger partial charge in [-0.3, -0.25) is 9.59 Å². The van der Waals surface area contributed by atoms with E-state index in [4.69, 9.17) is 5.11 Å². The van der Waals surface area contributed by atoms with E-state index >= 15 is 0 Å². The lowest BCUT2D eigenvalue weighted by Crippen LogP contribution is -2.39.